The van der Waals surface area contributed by atoms with E-state index in [0.29, 0.717) is 82.6 Å². The third-order valence-electron chi connectivity index (χ3n) is 24.3. The number of aromatic amines is 1. The average Bonchev–Trinajstić information content (AvgIpc) is 1.60. The Labute approximate surface area is 720 Å². The number of ether oxygens (including phenoxy) is 4. The Bertz CT molecular complexity index is 4720. The van der Waals surface area contributed by atoms with E-state index in [1.54, 1.807) is 0 Å². The number of hydrogen-bond donors (Lipinski definition) is 1. The Hall–Kier alpha value is -8.96. The molecule has 0 radical (unpaired) electrons. The maximum atomic E-state index is 14.0. The van der Waals surface area contributed by atoms with Crippen LogP contribution >= 0.6 is 0 Å². The second-order valence-electron chi connectivity index (χ2n) is 39.2. The fourth-order valence-electron chi connectivity index (χ4n) is 17.4. The summed E-state index contributed by atoms with van der Waals surface area (Å²) in [5.74, 6) is -1.54. The van der Waals surface area contributed by atoms with Gasteiger partial charge in [-0.2, -0.15) is 0 Å². The summed E-state index contributed by atoms with van der Waals surface area (Å²) in [4.78, 5) is 62.4. The Kier molecular flexibility index (Phi) is 33.8. The number of nitrogens with one attached hydrogen (secondary N) is 1. The van der Waals surface area contributed by atoms with E-state index in [0.717, 1.165) is 273 Å². The number of esters is 3. The number of benzene rings is 4. The zero-order valence-corrected chi connectivity index (χ0v) is 77.2. The van der Waals surface area contributed by atoms with E-state index >= 15 is 0 Å². The van der Waals surface area contributed by atoms with Crippen molar-refractivity contribution in [3.63, 3.8) is 0 Å². The van der Waals surface area contributed by atoms with Crippen molar-refractivity contribution in [2.75, 3.05) is 244 Å². The number of nitrogens with zero attached hydrogens (tertiary/aromatic N) is 11. The molecule has 4 aromatic carbocycles. The first kappa shape index (κ1) is 94.9. The number of carbonyl (C=O) groups is 3. The lowest BCUT2D eigenvalue weighted by Gasteiger charge is -2.33. The minimum absolute atomic E-state index is 0.310. The fraction of sp³-hybridized carbons (Fsp3) is 0.520. The first-order valence-electron chi connectivity index (χ1n) is 44.6. The zero-order valence-electron chi connectivity index (χ0n) is 77.2. The Morgan fingerprint density at radius 2 is 0.542 bits per heavy atom. The van der Waals surface area contributed by atoms with Gasteiger partial charge in [0.25, 0.3) is 0 Å². The largest absolute Gasteiger partial charge is 0.613 e. The van der Waals surface area contributed by atoms with Crippen LogP contribution in [0.5, 0.6) is 0 Å². The van der Waals surface area contributed by atoms with Gasteiger partial charge in [-0.1, -0.05) is 88.4 Å². The highest BCUT2D eigenvalue weighted by Gasteiger charge is 2.30. The van der Waals surface area contributed by atoms with Crippen LogP contribution < -0.4 is 15.5 Å². The van der Waals surface area contributed by atoms with Crippen molar-refractivity contribution >= 4 is 63.3 Å². The number of aromatic nitrogens is 1. The normalized spacial score (nSPS) is 14.8. The summed E-state index contributed by atoms with van der Waals surface area (Å²) in [7, 11) is 36.5. The topological polar surface area (TPSA) is 164 Å². The molecule has 0 unspecified atom stereocenters. The number of aliphatic imine (C=N–C) groups is 3. The quantitative estimate of drug-likeness (QED) is 0.0174. The number of H-pyrrole nitrogens is 1. The van der Waals surface area contributed by atoms with Gasteiger partial charge in [0.1, 0.15) is 0 Å². The predicted octanol–water partition coefficient (Wildman–Crippen LogP) is 13.1. The number of quaternary nitrogens is 8. The van der Waals surface area contributed by atoms with Crippen LogP contribution in [-0.2, 0) is 18.9 Å². The SMILES string of the molecule is CCC[N+](C)(C)CCC[N+](C)(C)CCCOC(=O)c1ccc(C2=C3C=CC(=N3)C(=c3ccc(=C([O-])OCCC[N+](C)(C)CCC[N+](C)(C)CCC)cc3)C3=NC(=C(c4ccc(C(=O)OCCC[N+](C)(C)CCC[N+](C)(C)CCC)cc4)c4ccc([nH]4)C(c4ccc(C(=O)OCCC[N+](C)(C)CCC[N+](C)(C)CCC)cc4)=C4C=CC2=N4)C=C3)cc1. The minimum Gasteiger partial charge on any atom is -0.613 e. The van der Waals surface area contributed by atoms with E-state index < -0.39 is 0 Å². The lowest BCUT2D eigenvalue weighted by atomic mass is 9.97. The van der Waals surface area contributed by atoms with Gasteiger partial charge in [-0.3, -0.25) is 0 Å². The number of allylic oxidation sites excluding steroid dienone is 7. The summed E-state index contributed by atoms with van der Waals surface area (Å²) in [6, 6.07) is 34.2. The van der Waals surface area contributed by atoms with Crippen LogP contribution in [0.2, 0.25) is 0 Å². The van der Waals surface area contributed by atoms with Crippen molar-refractivity contribution in [2.45, 2.75) is 105 Å². The molecule has 4 aliphatic heterocycles. The molecule has 4 aliphatic rings. The molecule has 1 N–H and O–H groups in total. The van der Waals surface area contributed by atoms with E-state index in [4.69, 9.17) is 33.9 Å². The van der Waals surface area contributed by atoms with Crippen molar-refractivity contribution < 1.29 is 74.3 Å². The molecule has 650 valence electrons. The van der Waals surface area contributed by atoms with Crippen molar-refractivity contribution in [3.05, 3.63) is 218 Å². The molecule has 0 saturated carbocycles. The highest BCUT2D eigenvalue weighted by atomic mass is 16.6. The Morgan fingerprint density at radius 1 is 0.292 bits per heavy atom. The third-order valence-corrected chi connectivity index (χ3v) is 24.3. The van der Waals surface area contributed by atoms with Crippen molar-refractivity contribution in [3.8, 4) is 0 Å². The number of fused-ring (bicyclic) bond motifs is 5. The lowest BCUT2D eigenvalue weighted by molar-refractivity contribution is -0.909. The molecule has 1 aromatic heterocycles. The second-order valence-corrected chi connectivity index (χ2v) is 39.2. The lowest BCUT2D eigenvalue weighted by Crippen LogP contribution is -2.46. The highest BCUT2D eigenvalue weighted by molar-refractivity contribution is 6.51. The maximum absolute atomic E-state index is 14.0. The summed E-state index contributed by atoms with van der Waals surface area (Å²) in [5, 5.41) is 15.2. The average molecular weight is 1650 g/mol. The molecule has 0 fully saturated rings. The van der Waals surface area contributed by atoms with Crippen molar-refractivity contribution in [2.24, 2.45) is 15.0 Å². The van der Waals surface area contributed by atoms with Gasteiger partial charge in [-0.25, -0.2) is 29.4 Å². The minimum atomic E-state index is -0.387. The van der Waals surface area contributed by atoms with E-state index in [-0.39, 0.29) is 23.9 Å². The molecule has 5 heterocycles. The molecule has 0 amide bonds. The van der Waals surface area contributed by atoms with Gasteiger partial charge in [0.15, 0.2) is 0 Å². The molecule has 0 spiro atoms. The van der Waals surface area contributed by atoms with Gasteiger partial charge in [0, 0.05) is 85.0 Å². The predicted molar refractivity (Wildman–Crippen MR) is 491 cm³/mol. The fourth-order valence-corrected chi connectivity index (χ4v) is 17.4. The standard InChI is InChI=1S/C100H148N12O8/c1-21-57-105(5,6)61-25-65-109(13,14)69-29-73-117-97(113)81-41-33-77(34-42-81)93-85-49-51-87(101-85)94(78-35-43-82(44-36-78)98(114)118-74-30-70-110(15,16)66-26-62-106(7,8)58-22-2)89-53-55-91(103-89)96(80-39-47-84(48-40-80)100(116)120-76-32-72-112(19,20)68-28-64-108(11,12)60-24-4)92-56-54-90(104-92)95(88-52-50-86(93)102-88)79-37-45-83(46-38-79)99(115)119-75-31-71-111(17,18)67-27-63-107(9,10)59-23-3/h33-56H,21-32,57-76H2,1-20H3/q+6/p+1. The molecule has 20 heteroatoms. The molecule has 0 saturated heterocycles. The first-order chi connectivity index (χ1) is 56.8. The van der Waals surface area contributed by atoms with Crippen LogP contribution in [0.1, 0.15) is 164 Å². The Morgan fingerprint density at radius 3 is 0.833 bits per heavy atom. The van der Waals surface area contributed by atoms with E-state index in [9.17, 15) is 19.5 Å². The smallest absolute Gasteiger partial charge is 0.338 e. The van der Waals surface area contributed by atoms with Crippen LogP contribution in [0.4, 0.5) is 0 Å². The monoisotopic (exact) mass is 1650 g/mol. The van der Waals surface area contributed by atoms with Crippen molar-refractivity contribution in [1.29, 1.82) is 0 Å². The molecule has 8 bridgehead atoms. The molecule has 120 heavy (non-hydrogen) atoms. The van der Waals surface area contributed by atoms with Gasteiger partial charge in [0.05, 0.1) is 294 Å². The zero-order chi connectivity index (χ0) is 87.1. The van der Waals surface area contributed by atoms with Crippen LogP contribution in [0, 0.1) is 0 Å². The van der Waals surface area contributed by atoms with Gasteiger partial charge in [-0.15, -0.1) is 0 Å². The molecule has 9 rings (SSSR count). The van der Waals surface area contributed by atoms with Crippen LogP contribution in [0.25, 0.3) is 28.2 Å². The summed E-state index contributed by atoms with van der Waals surface area (Å²) in [5.41, 5.74) is 12.0. The highest BCUT2D eigenvalue weighted by Crippen LogP contribution is 2.39. The molecule has 0 atom stereocenters. The third kappa shape index (κ3) is 28.6. The molecule has 5 aromatic rings. The van der Waals surface area contributed by atoms with Gasteiger partial charge in [-0.05, 0) is 144 Å². The second kappa shape index (κ2) is 42.7. The summed E-state index contributed by atoms with van der Waals surface area (Å²) in [6.07, 6.45) is 24.2. The van der Waals surface area contributed by atoms with Gasteiger partial charge < -0.3 is 64.9 Å². The number of rotatable bonds is 47. The van der Waals surface area contributed by atoms with Crippen LogP contribution in [-0.4, -0.2) is 320 Å². The van der Waals surface area contributed by atoms with Gasteiger partial charge >= 0.3 is 17.9 Å². The van der Waals surface area contributed by atoms with E-state index in [1.807, 2.05) is 134 Å². The van der Waals surface area contributed by atoms with Crippen LogP contribution in [0.15, 0.2) is 178 Å². The maximum Gasteiger partial charge on any atom is 0.338 e. The summed E-state index contributed by atoms with van der Waals surface area (Å²) in [6.45, 7) is 27.1. The molecule has 20 nitrogen and oxygen atoms in total. The molecular weight excluding hydrogens is 1500 g/mol. The number of carbonyl (C=O) groups excluding carboxylic acids is 3. The van der Waals surface area contributed by atoms with Gasteiger partial charge in [0.2, 0.25) is 0 Å². The number of hydrogen-bond acceptors (Lipinski definition) is 11. The molecule has 0 aliphatic carbocycles. The molecular formula is C100H149N12O8+7. The van der Waals surface area contributed by atoms with Crippen molar-refractivity contribution in [1.82, 2.24) is 4.98 Å². The summed E-state index contributed by atoms with van der Waals surface area (Å²) < 4.78 is 31.4. The summed E-state index contributed by atoms with van der Waals surface area (Å²) >= 11 is 0. The Balaban J connectivity index is 1.09. The van der Waals surface area contributed by atoms with Crippen LogP contribution in [0.3, 0.4) is 0 Å². The first-order valence-corrected chi connectivity index (χ1v) is 44.6. The van der Waals surface area contributed by atoms with E-state index in [2.05, 4.69) is 158 Å². The van der Waals surface area contributed by atoms with E-state index in [1.165, 1.54) is 0 Å².